The molecule has 1 saturated heterocycles. The van der Waals surface area contributed by atoms with Crippen molar-refractivity contribution in [3.05, 3.63) is 47.9 Å². The monoisotopic (exact) mass is 429 g/mol. The zero-order valence-electron chi connectivity index (χ0n) is 18.4. The van der Waals surface area contributed by atoms with E-state index in [1.165, 1.54) is 0 Å². The van der Waals surface area contributed by atoms with Gasteiger partial charge in [-0.1, -0.05) is 12.8 Å². The second-order valence-corrected chi connectivity index (χ2v) is 8.73. The van der Waals surface area contributed by atoms with Crippen LogP contribution in [0.3, 0.4) is 0 Å². The van der Waals surface area contributed by atoms with Crippen molar-refractivity contribution < 1.29 is 28.7 Å². The molecule has 0 spiro atoms. The molecule has 0 radical (unpaired) electrons. The molecular formula is C24H33N2O5+. The first-order valence-electron chi connectivity index (χ1n) is 11.1. The fourth-order valence-electron chi connectivity index (χ4n) is 5.43. The smallest absolute Gasteiger partial charge is 0.275 e. The van der Waals surface area contributed by atoms with Gasteiger partial charge in [-0.3, -0.25) is 4.79 Å². The summed E-state index contributed by atoms with van der Waals surface area (Å²) in [5.41, 5.74) is 0.351. The van der Waals surface area contributed by atoms with E-state index in [2.05, 4.69) is 5.32 Å². The summed E-state index contributed by atoms with van der Waals surface area (Å²) in [5, 5.41) is 14.4. The van der Waals surface area contributed by atoms with Crippen molar-refractivity contribution in [2.45, 2.75) is 50.3 Å². The third-order valence-corrected chi connectivity index (χ3v) is 6.99. The van der Waals surface area contributed by atoms with Crippen LogP contribution >= 0.6 is 0 Å². The SMILES string of the molecule is COc1ccc([C@@H]2[C@@H]3CCCC[C@@]3(O)CC[NH+]2CC(=O)NCc2ccco2)c(OC)c1. The number of rotatable bonds is 7. The van der Waals surface area contributed by atoms with E-state index in [0.717, 1.165) is 60.0 Å². The minimum Gasteiger partial charge on any atom is -0.497 e. The highest BCUT2D eigenvalue weighted by molar-refractivity contribution is 5.76. The number of piperidine rings is 1. The molecule has 4 atom stereocenters. The number of ether oxygens (including phenoxy) is 2. The number of methoxy groups -OCH3 is 2. The van der Waals surface area contributed by atoms with Gasteiger partial charge in [0.15, 0.2) is 6.54 Å². The Hall–Kier alpha value is -2.51. The molecule has 2 fully saturated rings. The van der Waals surface area contributed by atoms with Gasteiger partial charge in [-0.05, 0) is 37.1 Å². The lowest BCUT2D eigenvalue weighted by molar-refractivity contribution is -0.937. The molecule has 2 heterocycles. The number of quaternary nitrogens is 1. The summed E-state index contributed by atoms with van der Waals surface area (Å²) in [6.45, 7) is 1.46. The van der Waals surface area contributed by atoms with Gasteiger partial charge in [0.25, 0.3) is 5.91 Å². The molecule has 1 aliphatic heterocycles. The first kappa shape index (κ1) is 21.7. The number of carbonyl (C=O) groups excluding carboxylic acids is 1. The number of amides is 1. The number of carbonyl (C=O) groups is 1. The molecule has 1 unspecified atom stereocenters. The van der Waals surface area contributed by atoms with Gasteiger partial charge < -0.3 is 29.2 Å². The zero-order chi connectivity index (χ0) is 21.8. The number of likely N-dealkylation sites (tertiary alicyclic amines) is 1. The Morgan fingerprint density at radius 3 is 2.87 bits per heavy atom. The van der Waals surface area contributed by atoms with Gasteiger partial charge in [0.2, 0.25) is 0 Å². The first-order valence-corrected chi connectivity index (χ1v) is 11.1. The molecule has 2 aromatic rings. The van der Waals surface area contributed by atoms with Crippen LogP contribution in [0.4, 0.5) is 0 Å². The minimum atomic E-state index is -0.679. The third kappa shape index (κ3) is 4.57. The standard InChI is InChI=1S/C24H32N2O5/c1-29-17-8-9-19(21(14-17)30-2)23-20-7-3-4-10-24(20,28)11-12-26(23)16-22(27)25-15-18-6-5-13-31-18/h5-6,8-9,13-14,20,23,28H,3-4,7,10-12,15-16H2,1-2H3,(H,25,27)/p+1/t20-,23+,24+/m0/s1. The molecule has 1 aromatic heterocycles. The van der Waals surface area contributed by atoms with Crippen molar-refractivity contribution in [2.24, 2.45) is 5.92 Å². The first-order chi connectivity index (χ1) is 15.0. The van der Waals surface area contributed by atoms with Crippen LogP contribution in [0.5, 0.6) is 11.5 Å². The van der Waals surface area contributed by atoms with Crippen LogP contribution in [0.1, 0.15) is 49.5 Å². The molecule has 168 valence electrons. The van der Waals surface area contributed by atoms with Gasteiger partial charge >= 0.3 is 0 Å². The van der Waals surface area contributed by atoms with Crippen LogP contribution in [-0.2, 0) is 11.3 Å². The average Bonchev–Trinajstić information content (AvgIpc) is 3.31. The predicted molar refractivity (Wildman–Crippen MR) is 115 cm³/mol. The Labute approximate surface area is 183 Å². The van der Waals surface area contributed by atoms with Crippen molar-refractivity contribution in [1.29, 1.82) is 0 Å². The molecule has 7 heteroatoms. The lowest BCUT2D eigenvalue weighted by Gasteiger charge is -2.50. The molecule has 1 aromatic carbocycles. The lowest BCUT2D eigenvalue weighted by Crippen LogP contribution is -3.16. The fourth-order valence-corrected chi connectivity index (χ4v) is 5.43. The molecule has 0 bridgehead atoms. The Balaban J connectivity index is 1.60. The number of hydrogen-bond acceptors (Lipinski definition) is 5. The summed E-state index contributed by atoms with van der Waals surface area (Å²) < 4.78 is 16.4. The third-order valence-electron chi connectivity index (χ3n) is 6.99. The molecule has 1 saturated carbocycles. The largest absolute Gasteiger partial charge is 0.497 e. The fraction of sp³-hybridized carbons (Fsp3) is 0.542. The van der Waals surface area contributed by atoms with E-state index < -0.39 is 5.60 Å². The average molecular weight is 430 g/mol. The molecule has 3 N–H and O–H groups in total. The summed E-state index contributed by atoms with van der Waals surface area (Å²) in [7, 11) is 3.29. The predicted octanol–water partition coefficient (Wildman–Crippen LogP) is 1.86. The van der Waals surface area contributed by atoms with E-state index in [-0.39, 0.29) is 17.9 Å². The summed E-state index contributed by atoms with van der Waals surface area (Å²) in [6, 6.07) is 9.50. The van der Waals surface area contributed by atoms with Crippen molar-refractivity contribution in [1.82, 2.24) is 5.32 Å². The maximum absolute atomic E-state index is 12.8. The summed E-state index contributed by atoms with van der Waals surface area (Å²) >= 11 is 0. The number of furan rings is 1. The van der Waals surface area contributed by atoms with Gasteiger partial charge in [-0.2, -0.15) is 0 Å². The number of nitrogens with one attached hydrogen (secondary N) is 2. The van der Waals surface area contributed by atoms with Crippen LogP contribution in [0.15, 0.2) is 41.0 Å². The normalized spacial score (nSPS) is 27.9. The van der Waals surface area contributed by atoms with Crippen molar-refractivity contribution in [3.8, 4) is 11.5 Å². The molecule has 7 nitrogen and oxygen atoms in total. The van der Waals surface area contributed by atoms with Crippen molar-refractivity contribution >= 4 is 5.91 Å². The highest BCUT2D eigenvalue weighted by Crippen LogP contribution is 2.46. The van der Waals surface area contributed by atoms with Gasteiger partial charge in [-0.25, -0.2) is 0 Å². The second-order valence-electron chi connectivity index (χ2n) is 8.73. The van der Waals surface area contributed by atoms with E-state index in [1.807, 2.05) is 30.3 Å². The van der Waals surface area contributed by atoms with Crippen molar-refractivity contribution in [3.63, 3.8) is 0 Å². The maximum atomic E-state index is 12.8. The molecule has 1 amide bonds. The molecule has 2 aliphatic rings. The molecule has 31 heavy (non-hydrogen) atoms. The Morgan fingerprint density at radius 1 is 1.26 bits per heavy atom. The summed E-state index contributed by atoms with van der Waals surface area (Å²) in [5.74, 6) is 2.27. The maximum Gasteiger partial charge on any atom is 0.275 e. The number of hydrogen-bond donors (Lipinski definition) is 3. The molecular weight excluding hydrogens is 396 g/mol. The van der Waals surface area contributed by atoms with E-state index in [1.54, 1.807) is 20.5 Å². The minimum absolute atomic E-state index is 0.0192. The van der Waals surface area contributed by atoms with E-state index >= 15 is 0 Å². The lowest BCUT2D eigenvalue weighted by atomic mass is 9.66. The number of aliphatic hydroxyl groups is 1. The van der Waals surface area contributed by atoms with Crippen LogP contribution < -0.4 is 19.7 Å². The zero-order valence-corrected chi connectivity index (χ0v) is 18.4. The highest BCUT2D eigenvalue weighted by Gasteiger charge is 2.52. The highest BCUT2D eigenvalue weighted by atomic mass is 16.5. The van der Waals surface area contributed by atoms with E-state index in [4.69, 9.17) is 13.9 Å². The number of benzene rings is 1. The quantitative estimate of drug-likeness (QED) is 0.626. The Bertz CT molecular complexity index is 884. The van der Waals surface area contributed by atoms with Crippen LogP contribution in [0, 0.1) is 5.92 Å². The Morgan fingerprint density at radius 2 is 2.13 bits per heavy atom. The topological polar surface area (TPSA) is 85.4 Å². The van der Waals surface area contributed by atoms with Crippen molar-refractivity contribution in [2.75, 3.05) is 27.3 Å². The summed E-state index contributed by atoms with van der Waals surface area (Å²) in [6.07, 6.45) is 6.25. The van der Waals surface area contributed by atoms with Gasteiger partial charge in [0.05, 0.1) is 44.7 Å². The molecule has 4 rings (SSSR count). The van der Waals surface area contributed by atoms with Crippen LogP contribution in [0.25, 0.3) is 0 Å². The molecule has 1 aliphatic carbocycles. The van der Waals surface area contributed by atoms with E-state index in [0.29, 0.717) is 19.5 Å². The number of fused-ring (bicyclic) bond motifs is 1. The van der Waals surface area contributed by atoms with E-state index in [9.17, 15) is 9.90 Å². The van der Waals surface area contributed by atoms with Gasteiger partial charge in [0, 0.05) is 18.4 Å². The summed E-state index contributed by atoms with van der Waals surface area (Å²) in [4.78, 5) is 14.0. The van der Waals surface area contributed by atoms with Crippen LogP contribution in [-0.4, -0.2) is 43.9 Å². The van der Waals surface area contributed by atoms with Gasteiger partial charge in [-0.15, -0.1) is 0 Å². The second kappa shape index (κ2) is 9.32. The Kier molecular flexibility index (Phi) is 6.53. The van der Waals surface area contributed by atoms with Crippen LogP contribution in [0.2, 0.25) is 0 Å². The van der Waals surface area contributed by atoms with Gasteiger partial charge in [0.1, 0.15) is 23.3 Å².